The minimum Gasteiger partial charge on any atom is -0.393 e. The normalized spacial score (nSPS) is 28.4. The Morgan fingerprint density at radius 3 is 2.85 bits per heavy atom. The molecule has 0 aromatic rings. The van der Waals surface area contributed by atoms with Crippen LogP contribution in [0, 0.1) is 0 Å². The number of rotatable bonds is 3. The fourth-order valence-corrected chi connectivity index (χ4v) is 1.77. The molecule has 0 amide bonds. The Hall–Kier alpha value is 0.170. The second kappa shape index (κ2) is 5.81. The summed E-state index contributed by atoms with van der Waals surface area (Å²) >= 11 is 5.51. The zero-order valence-electron chi connectivity index (χ0n) is 7.82. The highest BCUT2D eigenvalue weighted by atomic mass is 35.5. The second-order valence-corrected chi connectivity index (χ2v) is 4.00. The van der Waals surface area contributed by atoms with Gasteiger partial charge in [-0.25, -0.2) is 0 Å². The minimum atomic E-state index is -0.433. The van der Waals surface area contributed by atoms with Gasteiger partial charge in [0.15, 0.2) is 0 Å². The molecule has 1 rings (SSSR count). The van der Waals surface area contributed by atoms with Crippen LogP contribution in [0.25, 0.3) is 0 Å². The zero-order chi connectivity index (χ0) is 9.68. The fraction of sp³-hybridized carbons (Fsp3) is 1.00. The van der Waals surface area contributed by atoms with Gasteiger partial charge in [-0.3, -0.25) is 0 Å². The summed E-state index contributed by atoms with van der Waals surface area (Å²) in [6.45, 7) is 2.47. The summed E-state index contributed by atoms with van der Waals surface area (Å²) in [7, 11) is 0. The van der Waals surface area contributed by atoms with Crippen molar-refractivity contribution in [2.75, 3.05) is 25.5 Å². The first-order valence-electron chi connectivity index (χ1n) is 4.87. The smallest absolute Gasteiger partial charge is 0.0802 e. The number of alkyl halides is 1. The van der Waals surface area contributed by atoms with Crippen molar-refractivity contribution in [1.29, 1.82) is 0 Å². The molecule has 3 nitrogen and oxygen atoms in total. The topological polar surface area (TPSA) is 43.7 Å². The molecule has 13 heavy (non-hydrogen) atoms. The molecule has 1 saturated heterocycles. The van der Waals surface area contributed by atoms with Crippen molar-refractivity contribution in [1.82, 2.24) is 4.90 Å². The van der Waals surface area contributed by atoms with E-state index in [0.717, 1.165) is 32.4 Å². The first-order chi connectivity index (χ1) is 6.22. The summed E-state index contributed by atoms with van der Waals surface area (Å²) in [4.78, 5) is 2.17. The molecule has 78 valence electrons. The Labute approximate surface area is 84.3 Å². The van der Waals surface area contributed by atoms with E-state index in [4.69, 9.17) is 11.6 Å². The van der Waals surface area contributed by atoms with E-state index in [0.29, 0.717) is 12.4 Å². The first kappa shape index (κ1) is 11.2. The fourth-order valence-electron chi connectivity index (χ4n) is 1.67. The van der Waals surface area contributed by atoms with Gasteiger partial charge in [0, 0.05) is 19.0 Å². The van der Waals surface area contributed by atoms with Crippen molar-refractivity contribution in [3.8, 4) is 0 Å². The van der Waals surface area contributed by atoms with E-state index in [-0.39, 0.29) is 6.10 Å². The Kier molecular flexibility index (Phi) is 5.02. The first-order valence-corrected chi connectivity index (χ1v) is 5.40. The molecular formula is C9H18ClNO2. The van der Waals surface area contributed by atoms with Gasteiger partial charge in [-0.2, -0.15) is 0 Å². The van der Waals surface area contributed by atoms with Gasteiger partial charge in [-0.05, 0) is 25.8 Å². The van der Waals surface area contributed by atoms with Gasteiger partial charge < -0.3 is 15.1 Å². The molecule has 0 aromatic carbocycles. The monoisotopic (exact) mass is 207 g/mol. The van der Waals surface area contributed by atoms with Crippen LogP contribution in [-0.4, -0.2) is 52.8 Å². The van der Waals surface area contributed by atoms with E-state index >= 15 is 0 Å². The van der Waals surface area contributed by atoms with E-state index in [1.807, 2.05) is 0 Å². The van der Waals surface area contributed by atoms with Crippen LogP contribution in [0.1, 0.15) is 19.3 Å². The molecule has 1 heterocycles. The zero-order valence-corrected chi connectivity index (χ0v) is 8.58. The quantitative estimate of drug-likeness (QED) is 0.660. The van der Waals surface area contributed by atoms with Crippen LogP contribution in [-0.2, 0) is 0 Å². The Balaban J connectivity index is 2.25. The molecule has 4 heteroatoms. The number of hydrogen-bond acceptors (Lipinski definition) is 3. The van der Waals surface area contributed by atoms with E-state index in [1.54, 1.807) is 0 Å². The summed E-state index contributed by atoms with van der Waals surface area (Å²) in [6, 6.07) is 0. The highest BCUT2D eigenvalue weighted by Crippen LogP contribution is 2.10. The van der Waals surface area contributed by atoms with Gasteiger partial charge in [0.2, 0.25) is 0 Å². The van der Waals surface area contributed by atoms with Crippen molar-refractivity contribution in [3.05, 3.63) is 0 Å². The predicted octanol–water partition coefficient (Wildman–Crippen LogP) is 0.433. The van der Waals surface area contributed by atoms with Crippen LogP contribution in [0.2, 0.25) is 0 Å². The molecule has 1 aliphatic heterocycles. The number of halogens is 1. The number of nitrogens with zero attached hydrogens (tertiary/aromatic N) is 1. The third-order valence-electron chi connectivity index (χ3n) is 2.44. The van der Waals surface area contributed by atoms with Crippen LogP contribution in [0.15, 0.2) is 0 Å². The molecule has 0 spiro atoms. The van der Waals surface area contributed by atoms with Crippen LogP contribution in [0.3, 0.4) is 0 Å². The summed E-state index contributed by atoms with van der Waals surface area (Å²) < 4.78 is 0. The number of hydrogen-bond donors (Lipinski definition) is 2. The van der Waals surface area contributed by atoms with E-state index in [9.17, 15) is 10.2 Å². The van der Waals surface area contributed by atoms with Crippen molar-refractivity contribution in [2.45, 2.75) is 31.5 Å². The van der Waals surface area contributed by atoms with Gasteiger partial charge >= 0.3 is 0 Å². The maximum absolute atomic E-state index is 9.38. The van der Waals surface area contributed by atoms with E-state index in [2.05, 4.69) is 4.90 Å². The van der Waals surface area contributed by atoms with Gasteiger partial charge in [0.25, 0.3) is 0 Å². The van der Waals surface area contributed by atoms with Gasteiger partial charge in [0.1, 0.15) is 0 Å². The van der Waals surface area contributed by atoms with Crippen molar-refractivity contribution < 1.29 is 10.2 Å². The number of β-amino-alcohol motifs (C(OH)–C–C–N with tert-alkyl or cyclic N) is 1. The maximum Gasteiger partial charge on any atom is 0.0802 e. The number of aliphatic hydroxyl groups excluding tert-OH is 2. The third-order valence-corrected chi connectivity index (χ3v) is 2.79. The lowest BCUT2D eigenvalue weighted by atomic mass is 10.2. The van der Waals surface area contributed by atoms with Gasteiger partial charge in [-0.1, -0.05) is 0 Å². The molecule has 0 bridgehead atoms. The molecule has 2 unspecified atom stereocenters. The van der Waals surface area contributed by atoms with E-state index < -0.39 is 6.10 Å². The molecule has 1 fully saturated rings. The number of likely N-dealkylation sites (tertiary alicyclic amines) is 1. The highest BCUT2D eigenvalue weighted by Gasteiger charge is 2.16. The van der Waals surface area contributed by atoms with Crippen molar-refractivity contribution in [2.24, 2.45) is 0 Å². The summed E-state index contributed by atoms with van der Waals surface area (Å²) in [5.74, 6) is 0.291. The van der Waals surface area contributed by atoms with Crippen molar-refractivity contribution in [3.63, 3.8) is 0 Å². The minimum absolute atomic E-state index is 0.154. The molecule has 0 saturated carbocycles. The van der Waals surface area contributed by atoms with Crippen LogP contribution < -0.4 is 0 Å². The van der Waals surface area contributed by atoms with Gasteiger partial charge in [-0.15, -0.1) is 11.6 Å². The molecule has 0 aliphatic carbocycles. The van der Waals surface area contributed by atoms with Crippen LogP contribution in [0.4, 0.5) is 0 Å². The summed E-state index contributed by atoms with van der Waals surface area (Å²) in [5, 5.41) is 18.7. The SMILES string of the molecule is OC1CCCN(CC(O)CCl)CC1. The van der Waals surface area contributed by atoms with Crippen LogP contribution >= 0.6 is 11.6 Å². The average Bonchev–Trinajstić information content (AvgIpc) is 2.31. The van der Waals surface area contributed by atoms with Crippen LogP contribution in [0.5, 0.6) is 0 Å². The average molecular weight is 208 g/mol. The van der Waals surface area contributed by atoms with Gasteiger partial charge in [0.05, 0.1) is 12.2 Å². The van der Waals surface area contributed by atoms with Crippen molar-refractivity contribution >= 4 is 11.6 Å². The third kappa shape index (κ3) is 4.27. The summed E-state index contributed by atoms with van der Waals surface area (Å²) in [6.07, 6.45) is 2.12. The molecule has 0 radical (unpaired) electrons. The lowest BCUT2D eigenvalue weighted by Gasteiger charge is -2.21. The molecular weight excluding hydrogens is 190 g/mol. The molecule has 1 aliphatic rings. The molecule has 2 atom stereocenters. The lowest BCUT2D eigenvalue weighted by molar-refractivity contribution is 0.122. The summed E-state index contributed by atoms with van der Waals surface area (Å²) in [5.41, 5.74) is 0. The molecule has 0 aromatic heterocycles. The molecule has 2 N–H and O–H groups in total. The van der Waals surface area contributed by atoms with E-state index in [1.165, 1.54) is 0 Å². The maximum atomic E-state index is 9.38. The number of aliphatic hydroxyl groups is 2. The Bertz CT molecular complexity index is 146. The largest absolute Gasteiger partial charge is 0.393 e. The Morgan fingerprint density at radius 2 is 2.15 bits per heavy atom. The predicted molar refractivity (Wildman–Crippen MR) is 53.0 cm³/mol. The Morgan fingerprint density at radius 1 is 1.38 bits per heavy atom. The second-order valence-electron chi connectivity index (χ2n) is 3.69. The standard InChI is InChI=1S/C9H18ClNO2/c10-6-9(13)7-11-4-1-2-8(12)3-5-11/h8-9,12-13H,1-7H2. The highest BCUT2D eigenvalue weighted by molar-refractivity contribution is 6.18. The lowest BCUT2D eigenvalue weighted by Crippen LogP contribution is -2.34.